The molecule has 1 aliphatic heterocycles. The third-order valence-corrected chi connectivity index (χ3v) is 5.02. The summed E-state index contributed by atoms with van der Waals surface area (Å²) in [6.07, 6.45) is -0.295. The van der Waals surface area contributed by atoms with Gasteiger partial charge in [-0.15, -0.1) is 11.3 Å². The zero-order chi connectivity index (χ0) is 19.0. The van der Waals surface area contributed by atoms with Crippen molar-refractivity contribution in [2.75, 3.05) is 12.3 Å². The average Bonchev–Trinajstić information content (AvgIpc) is 3.32. The van der Waals surface area contributed by atoms with E-state index in [2.05, 4.69) is 25.3 Å². The van der Waals surface area contributed by atoms with Gasteiger partial charge < -0.3 is 30.6 Å². The standard InChI is InChI=1S/C15H17N7O4S/c16-13-10-14(18-4-17-13)19-5-22(10)1-9-12(24)11(23)7(2-26-9)21-15(25)8-3-27-6-20-8/h3-7,9,11-12,23-24H,1-2H2,(H,21,25)(H2,16,17,18)/t7-,9-,11+,12-/m1/s1. The molecule has 12 heteroatoms. The van der Waals surface area contributed by atoms with E-state index in [-0.39, 0.29) is 24.7 Å². The van der Waals surface area contributed by atoms with Gasteiger partial charge in [0, 0.05) is 5.38 Å². The molecule has 4 heterocycles. The van der Waals surface area contributed by atoms with E-state index in [1.807, 2.05) is 0 Å². The van der Waals surface area contributed by atoms with Crippen molar-refractivity contribution in [1.82, 2.24) is 29.8 Å². The van der Waals surface area contributed by atoms with Gasteiger partial charge in [-0.25, -0.2) is 19.9 Å². The van der Waals surface area contributed by atoms with Gasteiger partial charge in [-0.05, 0) is 0 Å². The number of nitrogens with one attached hydrogen (secondary N) is 1. The molecule has 27 heavy (non-hydrogen) atoms. The molecule has 4 rings (SSSR count). The maximum absolute atomic E-state index is 12.1. The first-order chi connectivity index (χ1) is 13.0. The van der Waals surface area contributed by atoms with Crippen LogP contribution in [0.4, 0.5) is 5.82 Å². The molecule has 11 nitrogen and oxygen atoms in total. The molecule has 3 aromatic rings. The Bertz CT molecular complexity index is 947. The largest absolute Gasteiger partial charge is 0.388 e. The Morgan fingerprint density at radius 3 is 2.96 bits per heavy atom. The summed E-state index contributed by atoms with van der Waals surface area (Å²) in [5, 5.41) is 25.1. The van der Waals surface area contributed by atoms with Crippen LogP contribution >= 0.6 is 11.3 Å². The highest BCUT2D eigenvalue weighted by molar-refractivity contribution is 7.07. The van der Waals surface area contributed by atoms with Gasteiger partial charge in [0.1, 0.15) is 35.8 Å². The van der Waals surface area contributed by atoms with Crippen LogP contribution in [0.1, 0.15) is 10.5 Å². The summed E-state index contributed by atoms with van der Waals surface area (Å²) < 4.78 is 7.35. The molecule has 5 N–H and O–H groups in total. The Kier molecular flexibility index (Phi) is 4.70. The van der Waals surface area contributed by atoms with Gasteiger partial charge in [-0.2, -0.15) is 0 Å². The molecule has 142 valence electrons. The first-order valence-corrected chi connectivity index (χ1v) is 9.07. The number of hydrogen-bond acceptors (Lipinski definition) is 10. The number of carbonyl (C=O) groups is 1. The second-order valence-corrected chi connectivity index (χ2v) is 6.85. The minimum atomic E-state index is -1.22. The topological polar surface area (TPSA) is 161 Å². The van der Waals surface area contributed by atoms with Crippen molar-refractivity contribution >= 4 is 34.2 Å². The second kappa shape index (κ2) is 7.15. The summed E-state index contributed by atoms with van der Waals surface area (Å²) in [6.45, 7) is 0.233. The lowest BCUT2D eigenvalue weighted by Crippen LogP contribution is -2.60. The predicted molar refractivity (Wildman–Crippen MR) is 94.9 cm³/mol. The lowest BCUT2D eigenvalue weighted by Gasteiger charge is -2.38. The summed E-state index contributed by atoms with van der Waals surface area (Å²) in [6, 6.07) is -0.751. The summed E-state index contributed by atoms with van der Waals surface area (Å²) in [5.41, 5.74) is 8.63. The summed E-state index contributed by atoms with van der Waals surface area (Å²) >= 11 is 1.29. The van der Waals surface area contributed by atoms with Crippen LogP contribution in [-0.4, -0.2) is 71.6 Å². The van der Waals surface area contributed by atoms with Crippen LogP contribution in [0.25, 0.3) is 11.2 Å². The van der Waals surface area contributed by atoms with Crippen LogP contribution < -0.4 is 11.1 Å². The van der Waals surface area contributed by atoms with Crippen molar-refractivity contribution in [2.24, 2.45) is 0 Å². The maximum atomic E-state index is 12.1. The minimum absolute atomic E-state index is 0.0391. The van der Waals surface area contributed by atoms with Crippen molar-refractivity contribution in [3.05, 3.63) is 29.2 Å². The van der Waals surface area contributed by atoms with Crippen molar-refractivity contribution in [3.8, 4) is 0 Å². The van der Waals surface area contributed by atoms with Gasteiger partial charge in [0.2, 0.25) is 0 Å². The number of thiazole rings is 1. The highest BCUT2D eigenvalue weighted by atomic mass is 32.1. The van der Waals surface area contributed by atoms with E-state index < -0.39 is 30.3 Å². The molecule has 0 aromatic carbocycles. The molecular formula is C15H17N7O4S. The molecule has 1 saturated heterocycles. The van der Waals surface area contributed by atoms with E-state index in [1.54, 1.807) is 15.5 Å². The number of fused-ring (bicyclic) bond motifs is 1. The number of rotatable bonds is 4. The Morgan fingerprint density at radius 1 is 1.33 bits per heavy atom. The number of aliphatic hydroxyl groups is 2. The van der Waals surface area contributed by atoms with Crippen LogP contribution in [0.5, 0.6) is 0 Å². The number of aromatic nitrogens is 5. The van der Waals surface area contributed by atoms with Crippen molar-refractivity contribution in [2.45, 2.75) is 30.9 Å². The van der Waals surface area contributed by atoms with E-state index in [4.69, 9.17) is 10.5 Å². The third kappa shape index (κ3) is 3.35. The lowest BCUT2D eigenvalue weighted by molar-refractivity contribution is -0.152. The van der Waals surface area contributed by atoms with Crippen molar-refractivity contribution in [1.29, 1.82) is 0 Å². The molecule has 0 bridgehead atoms. The number of imidazole rings is 1. The van der Waals surface area contributed by atoms with E-state index in [0.717, 1.165) is 0 Å². The number of ether oxygens (including phenoxy) is 1. The zero-order valence-electron chi connectivity index (χ0n) is 14.0. The predicted octanol–water partition coefficient (Wildman–Crippen LogP) is -1.22. The fraction of sp³-hybridized carbons (Fsp3) is 0.400. The Morgan fingerprint density at radius 2 is 2.19 bits per heavy atom. The molecule has 0 radical (unpaired) electrons. The molecule has 1 amide bonds. The number of carbonyl (C=O) groups excluding carboxylic acids is 1. The fourth-order valence-electron chi connectivity index (χ4n) is 3.00. The van der Waals surface area contributed by atoms with Crippen LogP contribution in [0.15, 0.2) is 23.5 Å². The third-order valence-electron chi connectivity index (χ3n) is 4.43. The van der Waals surface area contributed by atoms with Crippen LogP contribution in [0, 0.1) is 0 Å². The molecule has 1 fully saturated rings. The van der Waals surface area contributed by atoms with E-state index in [1.165, 1.54) is 24.0 Å². The summed E-state index contributed by atoms with van der Waals surface area (Å²) in [5.74, 6) is -0.170. The summed E-state index contributed by atoms with van der Waals surface area (Å²) in [4.78, 5) is 28.1. The smallest absolute Gasteiger partial charge is 0.271 e. The SMILES string of the molecule is Nc1ncnc2ncn(C[C@H]3OC[C@@H](NC(=O)c4cscn4)[C@H](O)[C@@H]3O)c12. The van der Waals surface area contributed by atoms with E-state index >= 15 is 0 Å². The fourth-order valence-corrected chi connectivity index (χ4v) is 3.54. The zero-order valence-corrected chi connectivity index (χ0v) is 14.8. The molecule has 0 aliphatic carbocycles. The molecule has 1 aliphatic rings. The second-order valence-electron chi connectivity index (χ2n) is 6.13. The molecule has 4 atom stereocenters. The average molecular weight is 391 g/mol. The minimum Gasteiger partial charge on any atom is -0.388 e. The number of nitrogens with zero attached hydrogens (tertiary/aromatic N) is 5. The van der Waals surface area contributed by atoms with Gasteiger partial charge in [-0.1, -0.05) is 0 Å². The first kappa shape index (κ1) is 17.7. The van der Waals surface area contributed by atoms with Crippen molar-refractivity contribution in [3.63, 3.8) is 0 Å². The van der Waals surface area contributed by atoms with Crippen LogP contribution in [0.3, 0.4) is 0 Å². The maximum Gasteiger partial charge on any atom is 0.271 e. The molecule has 0 saturated carbocycles. The molecule has 0 unspecified atom stereocenters. The normalized spacial score (nSPS) is 25.6. The molecule has 0 spiro atoms. The Hall–Kier alpha value is -2.67. The van der Waals surface area contributed by atoms with Gasteiger partial charge in [0.15, 0.2) is 11.5 Å². The monoisotopic (exact) mass is 391 g/mol. The van der Waals surface area contributed by atoms with Gasteiger partial charge in [0.25, 0.3) is 5.91 Å². The van der Waals surface area contributed by atoms with E-state index in [9.17, 15) is 15.0 Å². The number of amides is 1. The highest BCUT2D eigenvalue weighted by Gasteiger charge is 2.39. The van der Waals surface area contributed by atoms with Gasteiger partial charge in [0.05, 0.1) is 31.0 Å². The first-order valence-electron chi connectivity index (χ1n) is 8.12. The molecular weight excluding hydrogens is 374 g/mol. The lowest BCUT2D eigenvalue weighted by atomic mass is 9.97. The summed E-state index contributed by atoms with van der Waals surface area (Å²) in [7, 11) is 0. The van der Waals surface area contributed by atoms with Crippen LogP contribution in [0.2, 0.25) is 0 Å². The number of nitrogens with two attached hydrogens (primary N) is 1. The number of hydrogen-bond donors (Lipinski definition) is 4. The number of nitrogen functional groups attached to an aromatic ring is 1. The van der Waals surface area contributed by atoms with Crippen molar-refractivity contribution < 1.29 is 19.7 Å². The van der Waals surface area contributed by atoms with Gasteiger partial charge >= 0.3 is 0 Å². The number of anilines is 1. The highest BCUT2D eigenvalue weighted by Crippen LogP contribution is 2.21. The Balaban J connectivity index is 1.45. The van der Waals surface area contributed by atoms with Gasteiger partial charge in [-0.3, -0.25) is 4.79 Å². The molecule has 3 aromatic heterocycles. The number of aliphatic hydroxyl groups excluding tert-OH is 2. The Labute approximate surface area is 156 Å². The quantitative estimate of drug-likeness (QED) is 0.427. The van der Waals surface area contributed by atoms with Crippen LogP contribution in [-0.2, 0) is 11.3 Å². The van der Waals surface area contributed by atoms with E-state index in [0.29, 0.717) is 11.2 Å².